The first-order chi connectivity index (χ1) is 13.8. The van der Waals surface area contributed by atoms with Gasteiger partial charge in [0.05, 0.1) is 24.9 Å². The fourth-order valence-electron chi connectivity index (χ4n) is 2.43. The number of ether oxygens (including phenoxy) is 1. The summed E-state index contributed by atoms with van der Waals surface area (Å²) in [4.78, 5) is 47.1. The summed E-state index contributed by atoms with van der Waals surface area (Å²) in [5, 5.41) is 11.6. The van der Waals surface area contributed by atoms with Crippen LogP contribution in [0.1, 0.15) is 24.2 Å². The Kier molecular flexibility index (Phi) is 5.77. The van der Waals surface area contributed by atoms with Crippen LogP contribution < -0.4 is 15.8 Å². The number of aromatic carboxylic acids is 1. The monoisotopic (exact) mass is 418 g/mol. The zero-order valence-electron chi connectivity index (χ0n) is 15.7. The molecule has 0 unspecified atom stereocenters. The second-order valence-corrected chi connectivity index (χ2v) is 7.31. The fraction of sp³-hybridized carbons (Fsp3) is 0.312. The van der Waals surface area contributed by atoms with Crippen molar-refractivity contribution >= 4 is 46.7 Å². The van der Waals surface area contributed by atoms with E-state index in [0.717, 1.165) is 6.20 Å². The average Bonchev–Trinajstić information content (AvgIpc) is 3.13. The van der Waals surface area contributed by atoms with Gasteiger partial charge in [0.15, 0.2) is 5.65 Å². The molecular weight excluding hydrogens is 400 g/mol. The third-order valence-electron chi connectivity index (χ3n) is 3.78. The number of nitrogens with zero attached hydrogens (tertiary/aromatic N) is 5. The van der Waals surface area contributed by atoms with Crippen LogP contribution in [0, 0.1) is 5.92 Å². The van der Waals surface area contributed by atoms with E-state index in [1.807, 2.05) is 13.8 Å². The summed E-state index contributed by atoms with van der Waals surface area (Å²) in [6.45, 7) is 3.75. The van der Waals surface area contributed by atoms with Crippen LogP contribution in [0.3, 0.4) is 0 Å². The number of nitrogens with two attached hydrogens (primary N) is 1. The molecular formula is C16H18N8O4S. The van der Waals surface area contributed by atoms with Gasteiger partial charge >= 0.3 is 5.97 Å². The Hall–Kier alpha value is -3.48. The Morgan fingerprint density at radius 3 is 2.69 bits per heavy atom. The van der Waals surface area contributed by atoms with E-state index in [9.17, 15) is 9.59 Å². The van der Waals surface area contributed by atoms with E-state index in [-0.39, 0.29) is 35.2 Å². The predicted molar refractivity (Wildman–Crippen MR) is 105 cm³/mol. The third-order valence-corrected chi connectivity index (χ3v) is 5.32. The highest BCUT2D eigenvalue weighted by Crippen LogP contribution is 2.31. The molecule has 3 rings (SSSR count). The molecule has 0 spiro atoms. The number of aromatic amines is 1. The van der Waals surface area contributed by atoms with Crippen molar-refractivity contribution in [2.75, 3.05) is 18.2 Å². The summed E-state index contributed by atoms with van der Waals surface area (Å²) in [7, 11) is 1.28. The molecule has 0 bridgehead atoms. The van der Waals surface area contributed by atoms with Gasteiger partial charge in [0, 0.05) is 0 Å². The number of H-pyrrole nitrogens is 1. The van der Waals surface area contributed by atoms with Gasteiger partial charge in [-0.1, -0.05) is 25.6 Å². The highest BCUT2D eigenvalue weighted by molar-refractivity contribution is 8.00. The molecule has 0 fully saturated rings. The van der Waals surface area contributed by atoms with Crippen molar-refractivity contribution in [1.29, 1.82) is 0 Å². The number of amides is 1. The van der Waals surface area contributed by atoms with Crippen LogP contribution in [0.25, 0.3) is 11.2 Å². The Balaban J connectivity index is 1.85. The predicted octanol–water partition coefficient (Wildman–Crippen LogP) is 1.19. The number of anilines is 2. The van der Waals surface area contributed by atoms with Crippen molar-refractivity contribution in [3.63, 3.8) is 0 Å². The largest absolute Gasteiger partial charge is 0.480 e. The number of imidazole rings is 1. The number of rotatable bonds is 7. The standard InChI is InChI=1S/C16H18N8O4S/c1-6(2)9(29-13-8-10(20-5-19-8)21-15(17)24-13)11(25)22-16-18-4-7(14(26)27)12(23-16)28-3/h4-6,9H,1-3H3,(H,26,27)(H,18,22,23,25)(H3,17,19,20,21,24)/t9-/m0/s1. The van der Waals surface area contributed by atoms with E-state index < -0.39 is 11.2 Å². The first kappa shape index (κ1) is 20.3. The molecule has 1 atom stereocenters. The van der Waals surface area contributed by atoms with Crippen LogP contribution in [0.15, 0.2) is 17.6 Å². The summed E-state index contributed by atoms with van der Waals surface area (Å²) in [5.74, 6) is -1.89. The van der Waals surface area contributed by atoms with Crippen molar-refractivity contribution in [1.82, 2.24) is 29.9 Å². The normalized spacial score (nSPS) is 12.1. The molecule has 0 aromatic carbocycles. The van der Waals surface area contributed by atoms with E-state index in [1.54, 1.807) is 0 Å². The minimum Gasteiger partial charge on any atom is -0.480 e. The Morgan fingerprint density at radius 2 is 2.03 bits per heavy atom. The van der Waals surface area contributed by atoms with Crippen molar-refractivity contribution in [2.24, 2.45) is 5.92 Å². The van der Waals surface area contributed by atoms with E-state index in [2.05, 4.69) is 35.2 Å². The van der Waals surface area contributed by atoms with Crippen LogP contribution in [-0.2, 0) is 4.79 Å². The number of hydrogen-bond acceptors (Lipinski definition) is 10. The van der Waals surface area contributed by atoms with Gasteiger partial charge in [0.1, 0.15) is 16.1 Å². The van der Waals surface area contributed by atoms with Gasteiger partial charge < -0.3 is 20.6 Å². The highest BCUT2D eigenvalue weighted by Gasteiger charge is 2.27. The van der Waals surface area contributed by atoms with Crippen LogP contribution in [0.2, 0.25) is 0 Å². The number of carboxylic acid groups (broad SMARTS) is 1. The maximum atomic E-state index is 12.9. The quantitative estimate of drug-likeness (QED) is 0.319. The number of carboxylic acids is 1. The summed E-state index contributed by atoms with van der Waals surface area (Å²) in [6, 6.07) is 0. The van der Waals surface area contributed by atoms with Crippen LogP contribution in [0.4, 0.5) is 11.9 Å². The molecule has 12 nitrogen and oxygen atoms in total. The van der Waals surface area contributed by atoms with E-state index in [0.29, 0.717) is 16.2 Å². The van der Waals surface area contributed by atoms with Gasteiger partial charge in [-0.2, -0.15) is 9.97 Å². The molecule has 3 aromatic heterocycles. The molecule has 0 saturated heterocycles. The van der Waals surface area contributed by atoms with Gasteiger partial charge in [0.25, 0.3) is 0 Å². The molecule has 0 aliphatic heterocycles. The number of thioether (sulfide) groups is 1. The van der Waals surface area contributed by atoms with E-state index in [4.69, 9.17) is 15.6 Å². The molecule has 0 aliphatic carbocycles. The molecule has 0 aliphatic rings. The van der Waals surface area contributed by atoms with Crippen LogP contribution in [-0.4, -0.2) is 59.2 Å². The topological polar surface area (TPSA) is 182 Å². The molecule has 5 N–H and O–H groups in total. The van der Waals surface area contributed by atoms with Gasteiger partial charge in [-0.15, -0.1) is 0 Å². The molecule has 13 heteroatoms. The SMILES string of the molecule is COc1nc(NC(=O)[C@@H](Sc2nc(N)nc3nc[nH]c23)C(C)C)ncc1C(=O)O. The van der Waals surface area contributed by atoms with E-state index >= 15 is 0 Å². The maximum Gasteiger partial charge on any atom is 0.342 e. The number of nitrogen functional groups attached to an aromatic ring is 1. The first-order valence-corrected chi connectivity index (χ1v) is 9.26. The lowest BCUT2D eigenvalue weighted by Gasteiger charge is -2.19. The maximum absolute atomic E-state index is 12.9. The molecule has 3 heterocycles. The Labute approximate surface area is 168 Å². The van der Waals surface area contributed by atoms with Gasteiger partial charge in [-0.25, -0.2) is 19.7 Å². The minimum atomic E-state index is -1.24. The van der Waals surface area contributed by atoms with Crippen molar-refractivity contribution in [3.8, 4) is 5.88 Å². The number of aromatic nitrogens is 6. The number of fused-ring (bicyclic) bond motifs is 1. The van der Waals surface area contributed by atoms with Gasteiger partial charge in [-0.05, 0) is 5.92 Å². The molecule has 0 saturated carbocycles. The second kappa shape index (κ2) is 8.26. The lowest BCUT2D eigenvalue weighted by molar-refractivity contribution is -0.116. The number of nitrogens with one attached hydrogen (secondary N) is 2. The lowest BCUT2D eigenvalue weighted by Crippen LogP contribution is -2.30. The summed E-state index contributed by atoms with van der Waals surface area (Å²) < 4.78 is 4.95. The molecule has 152 valence electrons. The van der Waals surface area contributed by atoms with Gasteiger partial charge in [-0.3, -0.25) is 10.1 Å². The number of hydrogen-bond donors (Lipinski definition) is 4. The van der Waals surface area contributed by atoms with Crippen molar-refractivity contribution in [2.45, 2.75) is 24.1 Å². The van der Waals surface area contributed by atoms with Crippen molar-refractivity contribution < 1.29 is 19.4 Å². The lowest BCUT2D eigenvalue weighted by atomic mass is 10.1. The molecule has 3 aromatic rings. The minimum absolute atomic E-state index is 0.0485. The average molecular weight is 418 g/mol. The molecule has 29 heavy (non-hydrogen) atoms. The summed E-state index contributed by atoms with van der Waals surface area (Å²) in [6.07, 6.45) is 2.54. The van der Waals surface area contributed by atoms with E-state index in [1.165, 1.54) is 25.2 Å². The molecule has 0 radical (unpaired) electrons. The second-order valence-electron chi connectivity index (χ2n) is 6.18. The Bertz CT molecular complexity index is 1070. The Morgan fingerprint density at radius 1 is 1.28 bits per heavy atom. The fourth-order valence-corrected chi connectivity index (χ4v) is 3.52. The number of carbonyl (C=O) groups excluding carboxylic acids is 1. The summed E-state index contributed by atoms with van der Waals surface area (Å²) >= 11 is 1.20. The number of carbonyl (C=O) groups is 2. The number of methoxy groups -OCH3 is 1. The smallest absolute Gasteiger partial charge is 0.342 e. The first-order valence-electron chi connectivity index (χ1n) is 8.38. The summed E-state index contributed by atoms with van der Waals surface area (Å²) in [5.41, 5.74) is 6.50. The third kappa shape index (κ3) is 4.34. The molecule has 1 amide bonds. The van der Waals surface area contributed by atoms with Crippen LogP contribution in [0.5, 0.6) is 5.88 Å². The van der Waals surface area contributed by atoms with Gasteiger partial charge in [0.2, 0.25) is 23.7 Å². The highest BCUT2D eigenvalue weighted by atomic mass is 32.2. The van der Waals surface area contributed by atoms with Crippen LogP contribution >= 0.6 is 11.8 Å². The zero-order chi connectivity index (χ0) is 21.1. The zero-order valence-corrected chi connectivity index (χ0v) is 16.5. The van der Waals surface area contributed by atoms with Crippen molar-refractivity contribution in [3.05, 3.63) is 18.1 Å².